The first-order valence-corrected chi connectivity index (χ1v) is 15.3. The molecule has 7 aromatic rings. The third-order valence-electron chi connectivity index (χ3n) is 8.66. The Hall–Kier alpha value is -4.87. The van der Waals surface area contributed by atoms with E-state index in [-0.39, 0.29) is 5.41 Å². The van der Waals surface area contributed by atoms with Crippen molar-refractivity contribution in [3.05, 3.63) is 150 Å². The molecule has 0 fully saturated rings. The van der Waals surface area contributed by atoms with Crippen LogP contribution in [-0.4, -0.2) is 9.97 Å². The first-order chi connectivity index (χ1) is 21.0. The van der Waals surface area contributed by atoms with Crippen molar-refractivity contribution in [1.29, 1.82) is 0 Å². The summed E-state index contributed by atoms with van der Waals surface area (Å²) in [7, 11) is 0. The van der Waals surface area contributed by atoms with E-state index in [0.29, 0.717) is 11.1 Å². The number of halogens is 1. The Kier molecular flexibility index (Phi) is 5.92. The molecule has 3 nitrogen and oxygen atoms in total. The van der Waals surface area contributed by atoms with Gasteiger partial charge in [0.05, 0.1) is 17.1 Å². The number of rotatable bonds is 4. The molecule has 0 radical (unpaired) electrons. The van der Waals surface area contributed by atoms with E-state index in [2.05, 4.69) is 66.2 Å². The normalized spacial score (nSPS) is 14.4. The van der Waals surface area contributed by atoms with E-state index < -0.39 is 6.17 Å². The van der Waals surface area contributed by atoms with E-state index in [9.17, 15) is 0 Å². The molecule has 0 aliphatic carbocycles. The fourth-order valence-electron chi connectivity index (χ4n) is 6.53. The summed E-state index contributed by atoms with van der Waals surface area (Å²) in [4.78, 5) is 11.5. The smallest absolute Gasteiger partial charge is 0.150 e. The summed E-state index contributed by atoms with van der Waals surface area (Å²) in [6.45, 7) is 4.54. The molecule has 1 atom stereocenters. The van der Waals surface area contributed by atoms with Crippen molar-refractivity contribution in [3.63, 3.8) is 0 Å². The minimum Gasteiger partial charge on any atom is -0.294 e. The van der Waals surface area contributed by atoms with Gasteiger partial charge in [0.2, 0.25) is 0 Å². The zero-order valence-electron chi connectivity index (χ0n) is 23.8. The quantitative estimate of drug-likeness (QED) is 0.208. The molecule has 8 rings (SSSR count). The summed E-state index contributed by atoms with van der Waals surface area (Å²) in [5, 5.41) is 2.44. The highest BCUT2D eigenvalue weighted by atomic mass is 32.1. The van der Waals surface area contributed by atoms with Crippen LogP contribution in [0, 0.1) is 0 Å². The number of hydrogen-bond acceptors (Lipinski definition) is 4. The molecular weight excluding hydrogens is 550 g/mol. The number of fused-ring (bicyclic) bond motifs is 6. The van der Waals surface area contributed by atoms with Crippen LogP contribution >= 0.6 is 11.3 Å². The molecule has 208 valence electrons. The van der Waals surface area contributed by atoms with Crippen LogP contribution in [0.4, 0.5) is 21.6 Å². The van der Waals surface area contributed by atoms with E-state index in [0.717, 1.165) is 34.0 Å². The van der Waals surface area contributed by atoms with E-state index in [4.69, 9.17) is 4.98 Å². The topological polar surface area (TPSA) is 29.0 Å². The van der Waals surface area contributed by atoms with Gasteiger partial charge in [0.15, 0.2) is 6.17 Å². The Labute approximate surface area is 253 Å². The molecule has 0 N–H and O–H groups in total. The van der Waals surface area contributed by atoms with Crippen LogP contribution in [0.5, 0.6) is 0 Å². The Bertz CT molecular complexity index is 2140. The Morgan fingerprint density at radius 1 is 0.698 bits per heavy atom. The Balaban J connectivity index is 1.34. The van der Waals surface area contributed by atoms with E-state index in [1.165, 1.54) is 25.7 Å². The maximum Gasteiger partial charge on any atom is 0.150 e. The predicted molar refractivity (Wildman–Crippen MR) is 177 cm³/mol. The first-order valence-electron chi connectivity index (χ1n) is 14.5. The lowest BCUT2D eigenvalue weighted by Crippen LogP contribution is -2.31. The number of benzene rings is 4. The van der Waals surface area contributed by atoms with E-state index in [1.54, 1.807) is 17.5 Å². The summed E-state index contributed by atoms with van der Waals surface area (Å²) in [6, 6.07) is 38.6. The molecule has 43 heavy (non-hydrogen) atoms. The maximum atomic E-state index is 16.5. The van der Waals surface area contributed by atoms with Crippen molar-refractivity contribution in [2.24, 2.45) is 0 Å². The van der Waals surface area contributed by atoms with Gasteiger partial charge in [0.1, 0.15) is 5.82 Å². The van der Waals surface area contributed by atoms with Gasteiger partial charge in [-0.1, -0.05) is 80.6 Å². The zero-order valence-corrected chi connectivity index (χ0v) is 24.6. The molecule has 0 saturated carbocycles. The fourth-order valence-corrected chi connectivity index (χ4v) is 7.63. The van der Waals surface area contributed by atoms with Gasteiger partial charge in [0, 0.05) is 43.5 Å². The van der Waals surface area contributed by atoms with Gasteiger partial charge in [-0.15, -0.1) is 11.3 Å². The van der Waals surface area contributed by atoms with Gasteiger partial charge in [-0.2, -0.15) is 0 Å². The fraction of sp³-hybridized carbons (Fsp3) is 0.105. The lowest BCUT2D eigenvalue weighted by Gasteiger charge is -2.42. The van der Waals surface area contributed by atoms with Crippen molar-refractivity contribution < 1.29 is 4.39 Å². The summed E-state index contributed by atoms with van der Waals surface area (Å²) < 4.78 is 19.0. The van der Waals surface area contributed by atoms with Gasteiger partial charge in [-0.05, 0) is 70.8 Å². The Morgan fingerprint density at radius 3 is 2.28 bits per heavy atom. The molecule has 1 aliphatic rings. The van der Waals surface area contributed by atoms with Crippen molar-refractivity contribution in [2.75, 3.05) is 4.90 Å². The molecule has 3 aromatic heterocycles. The van der Waals surface area contributed by atoms with Crippen LogP contribution in [0.15, 0.2) is 128 Å². The number of hydrogen-bond donors (Lipinski definition) is 0. The molecule has 4 heterocycles. The second-order valence-electron chi connectivity index (χ2n) is 11.6. The van der Waals surface area contributed by atoms with Gasteiger partial charge in [-0.3, -0.25) is 9.88 Å². The zero-order chi connectivity index (χ0) is 29.1. The van der Waals surface area contributed by atoms with Crippen LogP contribution in [0.3, 0.4) is 0 Å². The third-order valence-corrected chi connectivity index (χ3v) is 9.80. The summed E-state index contributed by atoms with van der Waals surface area (Å²) in [6.07, 6.45) is 2.28. The second-order valence-corrected chi connectivity index (χ2v) is 12.6. The third kappa shape index (κ3) is 4.07. The molecular formula is C38H28FN3S. The largest absolute Gasteiger partial charge is 0.294 e. The number of anilines is 3. The van der Waals surface area contributed by atoms with Crippen molar-refractivity contribution in [2.45, 2.75) is 25.4 Å². The molecule has 5 heteroatoms. The molecule has 0 saturated heterocycles. The molecule has 1 aliphatic heterocycles. The lowest BCUT2D eigenvalue weighted by atomic mass is 9.72. The molecule has 0 spiro atoms. The van der Waals surface area contributed by atoms with Crippen molar-refractivity contribution in [3.8, 4) is 11.3 Å². The Morgan fingerprint density at radius 2 is 1.47 bits per heavy atom. The van der Waals surface area contributed by atoms with Gasteiger partial charge >= 0.3 is 0 Å². The average Bonchev–Trinajstić information content (AvgIpc) is 3.44. The van der Waals surface area contributed by atoms with E-state index in [1.807, 2.05) is 79.0 Å². The number of thiophene rings is 1. The highest BCUT2D eigenvalue weighted by molar-refractivity contribution is 7.26. The van der Waals surface area contributed by atoms with Crippen LogP contribution < -0.4 is 4.90 Å². The van der Waals surface area contributed by atoms with Gasteiger partial charge in [0.25, 0.3) is 0 Å². The van der Waals surface area contributed by atoms with Crippen LogP contribution in [0.2, 0.25) is 0 Å². The molecule has 0 amide bonds. The first kappa shape index (κ1) is 25.8. The van der Waals surface area contributed by atoms with Crippen molar-refractivity contribution >= 4 is 48.7 Å². The molecule has 4 aromatic carbocycles. The van der Waals surface area contributed by atoms with E-state index >= 15 is 4.39 Å². The second kappa shape index (κ2) is 9.85. The van der Waals surface area contributed by atoms with Crippen LogP contribution in [0.1, 0.15) is 42.3 Å². The van der Waals surface area contributed by atoms with Crippen LogP contribution in [-0.2, 0) is 5.41 Å². The number of aromatic nitrogens is 2. The standard InChI is InChI=1S/C38H28FN3S/c1-38(2)28-17-16-26(36(39)25-11-9-10-24(22-25)30-13-5-7-20-40-30)23-31(28)42(34-15-6-8-21-41-34)37-29(38)18-19-33-35(37)27-12-3-4-14-32(27)43-33/h3-23,36H,1-2H3. The average molecular weight is 578 g/mol. The highest BCUT2D eigenvalue weighted by Gasteiger charge is 2.39. The lowest BCUT2D eigenvalue weighted by molar-refractivity contribution is 0.402. The summed E-state index contributed by atoms with van der Waals surface area (Å²) in [5.74, 6) is 0.813. The monoisotopic (exact) mass is 577 g/mol. The van der Waals surface area contributed by atoms with Crippen molar-refractivity contribution in [1.82, 2.24) is 9.97 Å². The number of nitrogens with zero attached hydrogens (tertiary/aromatic N) is 3. The maximum absolute atomic E-state index is 16.5. The van der Waals surface area contributed by atoms with Gasteiger partial charge in [-0.25, -0.2) is 9.37 Å². The highest BCUT2D eigenvalue weighted by Crippen LogP contribution is 2.56. The molecule has 0 bridgehead atoms. The molecule has 1 unspecified atom stereocenters. The summed E-state index contributed by atoms with van der Waals surface area (Å²) in [5.41, 5.74) is 7.09. The summed E-state index contributed by atoms with van der Waals surface area (Å²) >= 11 is 1.81. The van der Waals surface area contributed by atoms with Gasteiger partial charge < -0.3 is 0 Å². The minimum atomic E-state index is -1.30. The van der Waals surface area contributed by atoms with Crippen LogP contribution in [0.25, 0.3) is 31.4 Å². The number of pyridine rings is 2. The number of alkyl halides is 1. The minimum absolute atomic E-state index is 0.309. The SMILES string of the molecule is CC1(C)c2ccc(C(F)c3cccc(-c4ccccn4)c3)cc2N(c2ccccn2)c2c1ccc1sc3ccccc3c21. The predicted octanol–water partition coefficient (Wildman–Crippen LogP) is 10.7.